The molecule has 23 heavy (non-hydrogen) atoms. The molecule has 0 aliphatic heterocycles. The van der Waals surface area contributed by atoms with Gasteiger partial charge in [-0.25, -0.2) is 4.99 Å². The lowest BCUT2D eigenvalue weighted by molar-refractivity contribution is -0.176. The number of hydrogen-bond donors (Lipinski definition) is 2. The molecular formula is C15H23F3IN3O. The number of nitrogens with two attached hydrogens (primary N) is 1. The van der Waals surface area contributed by atoms with Crippen LogP contribution in [0.2, 0.25) is 0 Å². The number of rotatable bonds is 8. The molecule has 0 heterocycles. The van der Waals surface area contributed by atoms with Crippen LogP contribution < -0.4 is 11.1 Å². The van der Waals surface area contributed by atoms with Crippen LogP contribution in [0.15, 0.2) is 29.3 Å². The normalized spacial score (nSPS) is 11.9. The predicted molar refractivity (Wildman–Crippen MR) is 95.8 cm³/mol. The van der Waals surface area contributed by atoms with Crippen molar-refractivity contribution in [2.24, 2.45) is 10.7 Å². The van der Waals surface area contributed by atoms with Crippen LogP contribution in [-0.2, 0) is 17.9 Å². The molecule has 0 spiro atoms. The fourth-order valence-electron chi connectivity index (χ4n) is 1.73. The van der Waals surface area contributed by atoms with Gasteiger partial charge < -0.3 is 15.8 Å². The van der Waals surface area contributed by atoms with Crippen LogP contribution >= 0.6 is 24.0 Å². The number of benzene rings is 1. The van der Waals surface area contributed by atoms with Gasteiger partial charge in [0.2, 0.25) is 0 Å². The molecule has 0 fully saturated rings. The summed E-state index contributed by atoms with van der Waals surface area (Å²) in [5, 5.41) is 3.00. The molecule has 4 nitrogen and oxygen atoms in total. The average Bonchev–Trinajstić information content (AvgIpc) is 2.44. The van der Waals surface area contributed by atoms with Gasteiger partial charge in [-0.1, -0.05) is 37.6 Å². The number of halogens is 4. The molecule has 0 aromatic heterocycles. The summed E-state index contributed by atoms with van der Waals surface area (Å²) in [6.07, 6.45) is -2.22. The van der Waals surface area contributed by atoms with E-state index in [0.717, 1.165) is 24.9 Å². The zero-order chi connectivity index (χ0) is 16.4. The van der Waals surface area contributed by atoms with Gasteiger partial charge in [0, 0.05) is 6.54 Å². The van der Waals surface area contributed by atoms with Gasteiger partial charge in [-0.05, 0) is 17.5 Å². The highest BCUT2D eigenvalue weighted by molar-refractivity contribution is 14.0. The van der Waals surface area contributed by atoms with Gasteiger partial charge in [-0.2, -0.15) is 13.2 Å². The van der Waals surface area contributed by atoms with E-state index in [1.807, 2.05) is 6.07 Å². The number of nitrogens with zero attached hydrogens (tertiary/aromatic N) is 1. The van der Waals surface area contributed by atoms with E-state index >= 15 is 0 Å². The van der Waals surface area contributed by atoms with Crippen LogP contribution in [0.4, 0.5) is 13.2 Å². The Balaban J connectivity index is 0.00000484. The second kappa shape index (κ2) is 11.5. The van der Waals surface area contributed by atoms with Gasteiger partial charge in [-0.15, -0.1) is 24.0 Å². The van der Waals surface area contributed by atoms with Gasteiger partial charge in [0.1, 0.15) is 6.61 Å². The molecule has 132 valence electrons. The quantitative estimate of drug-likeness (QED) is 0.278. The average molecular weight is 445 g/mol. The van der Waals surface area contributed by atoms with E-state index in [4.69, 9.17) is 5.73 Å². The van der Waals surface area contributed by atoms with Gasteiger partial charge in [0.25, 0.3) is 0 Å². The third kappa shape index (κ3) is 11.2. The maximum Gasteiger partial charge on any atom is 0.411 e. The molecule has 8 heteroatoms. The van der Waals surface area contributed by atoms with E-state index in [0.29, 0.717) is 18.1 Å². The molecule has 0 aliphatic rings. The number of alkyl halides is 3. The largest absolute Gasteiger partial charge is 0.411 e. The van der Waals surface area contributed by atoms with E-state index in [9.17, 15) is 13.2 Å². The monoisotopic (exact) mass is 445 g/mol. The fourth-order valence-corrected chi connectivity index (χ4v) is 1.73. The summed E-state index contributed by atoms with van der Waals surface area (Å²) in [7, 11) is 0. The third-order valence-corrected chi connectivity index (χ3v) is 2.79. The third-order valence-electron chi connectivity index (χ3n) is 2.79. The fraction of sp³-hybridized carbons (Fsp3) is 0.533. The molecule has 0 saturated carbocycles. The number of guanidine groups is 1. The van der Waals surface area contributed by atoms with Crippen molar-refractivity contribution < 1.29 is 17.9 Å². The van der Waals surface area contributed by atoms with E-state index in [-0.39, 0.29) is 30.6 Å². The van der Waals surface area contributed by atoms with Crippen molar-refractivity contribution in [1.82, 2.24) is 5.32 Å². The first-order chi connectivity index (χ1) is 10.4. The van der Waals surface area contributed by atoms with Crippen LogP contribution in [0.1, 0.15) is 30.9 Å². The molecule has 0 saturated heterocycles. The highest BCUT2D eigenvalue weighted by Crippen LogP contribution is 2.16. The highest BCUT2D eigenvalue weighted by atomic mass is 127. The molecule has 3 N–H and O–H groups in total. The minimum absolute atomic E-state index is 0. The number of hydrogen-bond acceptors (Lipinski definition) is 2. The van der Waals surface area contributed by atoms with Crippen molar-refractivity contribution in [1.29, 1.82) is 0 Å². The van der Waals surface area contributed by atoms with E-state index < -0.39 is 12.8 Å². The van der Waals surface area contributed by atoms with Crippen LogP contribution in [0.5, 0.6) is 0 Å². The zero-order valence-electron chi connectivity index (χ0n) is 13.0. The lowest BCUT2D eigenvalue weighted by Crippen LogP contribution is -2.32. The van der Waals surface area contributed by atoms with Crippen molar-refractivity contribution in [3.8, 4) is 0 Å². The van der Waals surface area contributed by atoms with Crippen molar-refractivity contribution in [2.75, 3.05) is 13.2 Å². The molecule has 0 aliphatic carbocycles. The van der Waals surface area contributed by atoms with E-state index in [1.165, 1.54) is 0 Å². The first-order valence-electron chi connectivity index (χ1n) is 7.17. The molecule has 1 aromatic rings. The second-order valence-corrected chi connectivity index (χ2v) is 4.91. The Bertz CT molecular complexity index is 481. The van der Waals surface area contributed by atoms with Crippen molar-refractivity contribution in [2.45, 2.75) is 39.1 Å². The summed E-state index contributed by atoms with van der Waals surface area (Å²) >= 11 is 0. The maximum atomic E-state index is 12.0. The zero-order valence-corrected chi connectivity index (χ0v) is 15.4. The van der Waals surface area contributed by atoms with Gasteiger partial charge in [0.05, 0.1) is 13.2 Å². The smallest absolute Gasteiger partial charge is 0.370 e. The Labute approximate surface area is 151 Å². The standard InChI is InChI=1S/C15H22F3N3O.HI/c1-2-3-7-20-14(19)21-9-12-5-4-6-13(8-12)10-22-11-15(16,17)18;/h4-6,8H,2-3,7,9-11H2,1H3,(H3,19,20,21);1H. The molecular weight excluding hydrogens is 422 g/mol. The minimum Gasteiger partial charge on any atom is -0.370 e. The predicted octanol–water partition coefficient (Wildman–Crippen LogP) is 3.59. The van der Waals surface area contributed by atoms with E-state index in [1.54, 1.807) is 18.2 Å². The van der Waals surface area contributed by atoms with Crippen LogP contribution in [0.25, 0.3) is 0 Å². The highest BCUT2D eigenvalue weighted by Gasteiger charge is 2.27. The van der Waals surface area contributed by atoms with Crippen LogP contribution in [0.3, 0.4) is 0 Å². The van der Waals surface area contributed by atoms with Crippen molar-refractivity contribution >= 4 is 29.9 Å². The summed E-state index contributed by atoms with van der Waals surface area (Å²) in [6.45, 7) is 1.90. The van der Waals surface area contributed by atoms with Crippen LogP contribution in [-0.4, -0.2) is 25.3 Å². The molecule has 1 rings (SSSR count). The summed E-state index contributed by atoms with van der Waals surface area (Å²) in [6, 6.07) is 7.08. The Hall–Kier alpha value is -1.03. The van der Waals surface area contributed by atoms with E-state index in [2.05, 4.69) is 22.0 Å². The minimum atomic E-state index is -4.31. The number of ether oxygens (including phenoxy) is 1. The molecule has 0 atom stereocenters. The molecule has 0 radical (unpaired) electrons. The van der Waals surface area contributed by atoms with Gasteiger partial charge in [0.15, 0.2) is 5.96 Å². The van der Waals surface area contributed by atoms with Crippen LogP contribution in [0, 0.1) is 0 Å². The first kappa shape index (κ1) is 22.0. The Morgan fingerprint density at radius 1 is 1.30 bits per heavy atom. The second-order valence-electron chi connectivity index (χ2n) is 4.91. The number of nitrogens with one attached hydrogen (secondary N) is 1. The summed E-state index contributed by atoms with van der Waals surface area (Å²) < 4.78 is 40.7. The first-order valence-corrected chi connectivity index (χ1v) is 7.17. The summed E-state index contributed by atoms with van der Waals surface area (Å²) in [5.74, 6) is 0.368. The molecule has 0 unspecified atom stereocenters. The van der Waals surface area contributed by atoms with Gasteiger partial charge >= 0.3 is 6.18 Å². The molecule has 0 bridgehead atoms. The lowest BCUT2D eigenvalue weighted by atomic mass is 10.1. The number of aliphatic imine (C=N–C) groups is 1. The van der Waals surface area contributed by atoms with Crippen molar-refractivity contribution in [3.05, 3.63) is 35.4 Å². The SMILES string of the molecule is CCCCNC(N)=NCc1cccc(COCC(F)(F)F)c1.I. The molecule has 0 amide bonds. The van der Waals surface area contributed by atoms with Crippen molar-refractivity contribution in [3.63, 3.8) is 0 Å². The molecule has 1 aromatic carbocycles. The summed E-state index contributed by atoms with van der Waals surface area (Å²) in [5.41, 5.74) is 7.26. The maximum absolute atomic E-state index is 12.0. The summed E-state index contributed by atoms with van der Waals surface area (Å²) in [4.78, 5) is 4.19. The Morgan fingerprint density at radius 2 is 2.00 bits per heavy atom. The Kier molecular flexibility index (Phi) is 11.0. The Morgan fingerprint density at radius 3 is 2.65 bits per heavy atom. The topological polar surface area (TPSA) is 59.6 Å². The lowest BCUT2D eigenvalue weighted by Gasteiger charge is -2.08. The van der Waals surface area contributed by atoms with Gasteiger partial charge in [-0.3, -0.25) is 0 Å². The number of unbranched alkanes of at least 4 members (excludes halogenated alkanes) is 1.